The maximum atomic E-state index is 12.0. The SMILES string of the molecule is O=C1NS(=O)(=O)C1(C(F)(F)F)C(F)(F)F. The average molecular weight is 257 g/mol. The highest BCUT2D eigenvalue weighted by Crippen LogP contribution is 2.52. The van der Waals surface area contributed by atoms with Gasteiger partial charge in [0.1, 0.15) is 0 Å². The van der Waals surface area contributed by atoms with Crippen molar-refractivity contribution in [2.75, 3.05) is 0 Å². The van der Waals surface area contributed by atoms with Crippen molar-refractivity contribution < 1.29 is 39.6 Å². The van der Waals surface area contributed by atoms with Crippen molar-refractivity contribution in [1.82, 2.24) is 4.72 Å². The number of carbonyl (C=O) groups excluding carboxylic acids is 1. The van der Waals surface area contributed by atoms with Crippen molar-refractivity contribution in [2.45, 2.75) is 17.1 Å². The number of sulfonamides is 1. The minimum Gasteiger partial charge on any atom is -0.271 e. The van der Waals surface area contributed by atoms with E-state index in [9.17, 15) is 39.6 Å². The highest BCUT2D eigenvalue weighted by Gasteiger charge is 2.89. The molecule has 1 aliphatic rings. The van der Waals surface area contributed by atoms with Crippen molar-refractivity contribution in [3.63, 3.8) is 0 Å². The van der Waals surface area contributed by atoms with E-state index in [0.717, 1.165) is 0 Å². The predicted octanol–water partition coefficient (Wildman–Crippen LogP) is 0.309. The fourth-order valence-corrected chi connectivity index (χ4v) is 2.37. The van der Waals surface area contributed by atoms with Crippen molar-refractivity contribution in [2.24, 2.45) is 0 Å². The molecule has 1 aliphatic heterocycles. The number of hydrogen-bond donors (Lipinski definition) is 1. The second-order valence-electron chi connectivity index (χ2n) is 2.61. The molecule has 1 saturated heterocycles. The van der Waals surface area contributed by atoms with E-state index < -0.39 is 33.0 Å². The van der Waals surface area contributed by atoms with Gasteiger partial charge in [-0.05, 0) is 0 Å². The van der Waals surface area contributed by atoms with Crippen molar-refractivity contribution in [3.8, 4) is 0 Å². The number of alkyl halides is 6. The van der Waals surface area contributed by atoms with Gasteiger partial charge >= 0.3 is 17.1 Å². The van der Waals surface area contributed by atoms with Gasteiger partial charge in [-0.2, -0.15) is 26.3 Å². The monoisotopic (exact) mass is 257 g/mol. The number of carbonyl (C=O) groups is 1. The minimum atomic E-state index is -6.24. The Morgan fingerprint density at radius 3 is 1.40 bits per heavy atom. The maximum Gasteiger partial charge on any atom is 0.428 e. The zero-order valence-corrected chi connectivity index (χ0v) is 7.22. The molecule has 0 aromatic carbocycles. The first-order chi connectivity index (χ1) is 6.38. The van der Waals surface area contributed by atoms with Crippen LogP contribution in [0.1, 0.15) is 0 Å². The van der Waals surface area contributed by atoms with E-state index in [2.05, 4.69) is 0 Å². The Bertz CT molecular complexity index is 391. The smallest absolute Gasteiger partial charge is 0.271 e. The van der Waals surface area contributed by atoms with Gasteiger partial charge in [0.15, 0.2) is 0 Å². The van der Waals surface area contributed by atoms with Gasteiger partial charge in [0.25, 0.3) is 15.9 Å². The van der Waals surface area contributed by atoms with Crippen LogP contribution in [0.3, 0.4) is 0 Å². The van der Waals surface area contributed by atoms with E-state index >= 15 is 0 Å². The third kappa shape index (κ3) is 1.15. The van der Waals surface area contributed by atoms with Crippen LogP contribution in [0.15, 0.2) is 0 Å². The largest absolute Gasteiger partial charge is 0.428 e. The Balaban J connectivity index is 3.54. The normalized spacial score (nSPS) is 24.3. The number of amides is 1. The fraction of sp³-hybridized carbons (Fsp3) is 0.750. The van der Waals surface area contributed by atoms with Crippen molar-refractivity contribution in [1.29, 1.82) is 0 Å². The molecule has 88 valence electrons. The lowest BCUT2D eigenvalue weighted by molar-refractivity contribution is -0.263. The molecule has 1 rings (SSSR count). The van der Waals surface area contributed by atoms with E-state index in [1.54, 1.807) is 0 Å². The van der Waals surface area contributed by atoms with E-state index in [4.69, 9.17) is 0 Å². The summed E-state index contributed by atoms with van der Waals surface area (Å²) >= 11 is 0. The molecule has 0 aromatic heterocycles. The van der Waals surface area contributed by atoms with E-state index in [1.165, 1.54) is 0 Å². The second-order valence-corrected chi connectivity index (χ2v) is 4.43. The minimum absolute atomic E-state index is 0.579. The third-order valence-corrected chi connectivity index (χ3v) is 3.66. The zero-order chi connectivity index (χ0) is 12.3. The van der Waals surface area contributed by atoms with Crippen LogP contribution in [-0.4, -0.2) is 31.4 Å². The summed E-state index contributed by atoms with van der Waals surface area (Å²) < 4.78 is 88.4. The van der Waals surface area contributed by atoms with Crippen LogP contribution < -0.4 is 4.72 Å². The molecule has 1 N–H and O–H groups in total. The van der Waals surface area contributed by atoms with Gasteiger partial charge in [-0.1, -0.05) is 0 Å². The highest BCUT2D eigenvalue weighted by atomic mass is 32.2. The molecular formula is C4HF6NO3S. The molecule has 1 heterocycles. The Morgan fingerprint density at radius 1 is 1.00 bits per heavy atom. The lowest BCUT2D eigenvalue weighted by atomic mass is 10.1. The third-order valence-electron chi connectivity index (χ3n) is 1.75. The fourth-order valence-electron chi connectivity index (χ4n) is 1.07. The molecule has 11 heteroatoms. The van der Waals surface area contributed by atoms with Gasteiger partial charge in [-0.25, -0.2) is 13.1 Å². The highest BCUT2D eigenvalue weighted by molar-refractivity contribution is 7.95. The summed E-state index contributed by atoms with van der Waals surface area (Å²) in [7, 11) is -5.80. The van der Waals surface area contributed by atoms with Gasteiger partial charge in [-0.3, -0.25) is 4.79 Å². The number of hydrogen-bond acceptors (Lipinski definition) is 3. The lowest BCUT2D eigenvalue weighted by Crippen LogP contribution is -2.81. The molecule has 0 atom stereocenters. The molecule has 0 radical (unpaired) electrons. The number of nitrogens with one attached hydrogen (secondary N) is 1. The Hall–Kier alpha value is -1.00. The van der Waals surface area contributed by atoms with Crippen LogP contribution in [-0.2, 0) is 14.8 Å². The number of halogens is 6. The predicted molar refractivity (Wildman–Crippen MR) is 31.9 cm³/mol. The first kappa shape index (κ1) is 12.1. The van der Waals surface area contributed by atoms with Crippen molar-refractivity contribution in [3.05, 3.63) is 0 Å². The summed E-state index contributed by atoms with van der Waals surface area (Å²) in [4.78, 5) is 10.3. The summed E-state index contributed by atoms with van der Waals surface area (Å²) in [5.41, 5.74) is 0. The molecule has 15 heavy (non-hydrogen) atoms. The van der Waals surface area contributed by atoms with Crippen LogP contribution in [0.25, 0.3) is 0 Å². The lowest BCUT2D eigenvalue weighted by Gasteiger charge is -2.41. The van der Waals surface area contributed by atoms with E-state index in [-0.39, 0.29) is 0 Å². The van der Waals surface area contributed by atoms with E-state index in [1.807, 2.05) is 0 Å². The molecule has 0 aromatic rings. The van der Waals surface area contributed by atoms with Crippen molar-refractivity contribution >= 4 is 15.9 Å². The van der Waals surface area contributed by atoms with Crippen LogP contribution in [0.4, 0.5) is 26.3 Å². The molecule has 0 aliphatic carbocycles. The Morgan fingerprint density at radius 2 is 1.33 bits per heavy atom. The van der Waals surface area contributed by atoms with Gasteiger partial charge in [0.2, 0.25) is 0 Å². The molecule has 0 bridgehead atoms. The summed E-state index contributed by atoms with van der Waals surface area (Å²) in [6, 6.07) is 0. The Kier molecular flexibility index (Phi) is 2.07. The molecular weight excluding hydrogens is 256 g/mol. The summed E-state index contributed by atoms with van der Waals surface area (Å²) in [6.45, 7) is 0. The van der Waals surface area contributed by atoms with Gasteiger partial charge in [0, 0.05) is 0 Å². The van der Waals surface area contributed by atoms with Crippen LogP contribution in [0.2, 0.25) is 0 Å². The molecule has 0 saturated carbocycles. The van der Waals surface area contributed by atoms with E-state index in [0.29, 0.717) is 4.72 Å². The maximum absolute atomic E-state index is 12.0. The van der Waals surface area contributed by atoms with Crippen LogP contribution >= 0.6 is 0 Å². The topological polar surface area (TPSA) is 63.2 Å². The first-order valence-corrected chi connectivity index (χ1v) is 4.56. The van der Waals surface area contributed by atoms with Crippen LogP contribution in [0.5, 0.6) is 0 Å². The molecule has 1 fully saturated rings. The van der Waals surface area contributed by atoms with Gasteiger partial charge < -0.3 is 0 Å². The molecule has 0 unspecified atom stereocenters. The average Bonchev–Trinajstić information content (AvgIpc) is 1.74. The molecule has 1 amide bonds. The van der Waals surface area contributed by atoms with Gasteiger partial charge in [-0.15, -0.1) is 0 Å². The molecule has 4 nitrogen and oxygen atoms in total. The number of rotatable bonds is 0. The summed E-state index contributed by atoms with van der Waals surface area (Å²) in [5, 5.41) is 0. The van der Waals surface area contributed by atoms with Gasteiger partial charge in [0.05, 0.1) is 0 Å². The second kappa shape index (κ2) is 2.57. The first-order valence-electron chi connectivity index (χ1n) is 3.08. The zero-order valence-electron chi connectivity index (χ0n) is 6.40. The summed E-state index contributed by atoms with van der Waals surface area (Å²) in [6.07, 6.45) is -12.5. The van der Waals surface area contributed by atoms with Crippen LogP contribution in [0, 0.1) is 0 Å². The quantitative estimate of drug-likeness (QED) is 0.635. The Labute approximate surface area is 78.3 Å². The standard InChI is InChI=1S/C4HF6NO3S/c5-3(6,7)2(4(8,9)10)1(12)11-15(2,13)14/h(H,11,12). The summed E-state index contributed by atoms with van der Waals surface area (Å²) in [5.74, 6) is -2.64. The molecule has 0 spiro atoms.